The van der Waals surface area contributed by atoms with Gasteiger partial charge in [-0.05, 0) is 12.5 Å². The van der Waals surface area contributed by atoms with Crippen LogP contribution in [0.4, 0.5) is 4.79 Å². The molecule has 82 valence electrons. The quantitative estimate of drug-likeness (QED) is 0.404. The fourth-order valence-corrected chi connectivity index (χ4v) is 0.860. The van der Waals surface area contributed by atoms with Crippen LogP contribution in [0, 0.1) is 5.92 Å². The summed E-state index contributed by atoms with van der Waals surface area (Å²) < 4.78 is 0. The maximum absolute atomic E-state index is 11.1. The summed E-state index contributed by atoms with van der Waals surface area (Å²) in [6.45, 7) is 3.13. The van der Waals surface area contributed by atoms with E-state index in [1.54, 1.807) is 0 Å². The van der Waals surface area contributed by atoms with Crippen molar-refractivity contribution in [1.29, 1.82) is 0 Å². The van der Waals surface area contributed by atoms with E-state index in [0.29, 0.717) is 26.1 Å². The second kappa shape index (κ2) is 7.14. The molecule has 0 aliphatic rings. The zero-order valence-corrected chi connectivity index (χ0v) is 8.38. The molecule has 0 saturated heterocycles. The summed E-state index contributed by atoms with van der Waals surface area (Å²) in [7, 11) is 0. The molecule has 14 heavy (non-hydrogen) atoms. The Kier molecular flexibility index (Phi) is 6.47. The van der Waals surface area contributed by atoms with Crippen molar-refractivity contribution in [3.05, 3.63) is 0 Å². The molecule has 0 aliphatic heterocycles. The highest BCUT2D eigenvalue weighted by Crippen LogP contribution is 1.97. The van der Waals surface area contributed by atoms with Gasteiger partial charge in [-0.15, -0.1) is 0 Å². The lowest BCUT2D eigenvalue weighted by Crippen LogP contribution is -2.37. The lowest BCUT2D eigenvalue weighted by Gasteiger charge is -2.08. The van der Waals surface area contributed by atoms with E-state index in [9.17, 15) is 9.59 Å². The van der Waals surface area contributed by atoms with E-state index in [1.807, 2.05) is 6.92 Å². The first kappa shape index (κ1) is 12.7. The van der Waals surface area contributed by atoms with Gasteiger partial charge in [0.15, 0.2) is 0 Å². The summed E-state index contributed by atoms with van der Waals surface area (Å²) in [5, 5.41) is 5.01. The van der Waals surface area contributed by atoms with Crippen molar-refractivity contribution in [3.8, 4) is 0 Å². The van der Waals surface area contributed by atoms with Crippen molar-refractivity contribution >= 4 is 11.9 Å². The van der Waals surface area contributed by atoms with Gasteiger partial charge in [0.25, 0.3) is 0 Å². The van der Waals surface area contributed by atoms with E-state index >= 15 is 0 Å². The molecule has 1 unspecified atom stereocenters. The predicted octanol–water partition coefficient (Wildman–Crippen LogP) is -1.24. The highest BCUT2D eigenvalue weighted by Gasteiger charge is 2.06. The smallest absolute Gasteiger partial charge is 0.312 e. The van der Waals surface area contributed by atoms with Gasteiger partial charge in [-0.2, -0.15) is 0 Å². The molecule has 0 radical (unpaired) electrons. The molecule has 6 N–H and O–H groups in total. The molecule has 0 heterocycles. The molecule has 0 aliphatic carbocycles. The Hall–Kier alpha value is -1.30. The number of hydrogen-bond acceptors (Lipinski definition) is 3. The van der Waals surface area contributed by atoms with Crippen LogP contribution < -0.4 is 22.1 Å². The van der Waals surface area contributed by atoms with Crippen LogP contribution in [0.1, 0.15) is 13.3 Å². The molecule has 0 saturated carbocycles. The van der Waals surface area contributed by atoms with Crippen molar-refractivity contribution in [2.75, 3.05) is 19.6 Å². The van der Waals surface area contributed by atoms with Crippen LogP contribution >= 0.6 is 0 Å². The average Bonchev–Trinajstić information content (AvgIpc) is 2.12. The fourth-order valence-electron chi connectivity index (χ4n) is 0.860. The number of rotatable bonds is 6. The van der Waals surface area contributed by atoms with Gasteiger partial charge in [0.05, 0.1) is 0 Å². The van der Waals surface area contributed by atoms with Gasteiger partial charge in [-0.25, -0.2) is 4.79 Å². The number of nitrogens with one attached hydrogen (secondary N) is 2. The van der Waals surface area contributed by atoms with Crippen LogP contribution in [0.25, 0.3) is 0 Å². The normalized spacial score (nSPS) is 11.9. The zero-order valence-electron chi connectivity index (χ0n) is 8.38. The van der Waals surface area contributed by atoms with Crippen LogP contribution in [0.3, 0.4) is 0 Å². The predicted molar refractivity (Wildman–Crippen MR) is 53.4 cm³/mol. The Balaban J connectivity index is 3.40. The summed E-state index contributed by atoms with van der Waals surface area (Å²) in [5.74, 6) is 0.119. The Bertz CT molecular complexity index is 196. The largest absolute Gasteiger partial charge is 0.354 e. The van der Waals surface area contributed by atoms with Crippen molar-refractivity contribution in [1.82, 2.24) is 10.6 Å². The topological polar surface area (TPSA) is 110 Å². The fraction of sp³-hybridized carbons (Fsp3) is 0.750. The number of carbonyl (C=O) groups is 2. The third kappa shape index (κ3) is 7.35. The molecular weight excluding hydrogens is 184 g/mol. The first-order valence-corrected chi connectivity index (χ1v) is 4.56. The van der Waals surface area contributed by atoms with Crippen LogP contribution in [0.2, 0.25) is 0 Å². The molecule has 0 spiro atoms. The highest BCUT2D eigenvalue weighted by atomic mass is 16.2. The van der Waals surface area contributed by atoms with Crippen molar-refractivity contribution in [2.45, 2.75) is 13.3 Å². The summed E-state index contributed by atoms with van der Waals surface area (Å²) in [4.78, 5) is 21.4. The number of amides is 3. The monoisotopic (exact) mass is 202 g/mol. The molecule has 0 aromatic rings. The second-order valence-corrected chi connectivity index (χ2v) is 3.19. The van der Waals surface area contributed by atoms with E-state index in [2.05, 4.69) is 10.6 Å². The van der Waals surface area contributed by atoms with Crippen LogP contribution in [-0.2, 0) is 4.79 Å². The molecule has 3 amide bonds. The van der Waals surface area contributed by atoms with E-state index in [-0.39, 0.29) is 11.8 Å². The van der Waals surface area contributed by atoms with Crippen LogP contribution in [0.15, 0.2) is 0 Å². The minimum atomic E-state index is -0.588. The Morgan fingerprint density at radius 3 is 2.36 bits per heavy atom. The SMILES string of the molecule is CC(CN)CC(=O)NCCNC(N)=O. The molecule has 0 rings (SSSR count). The molecular formula is C8H18N4O2. The van der Waals surface area contributed by atoms with Gasteiger partial charge in [0.2, 0.25) is 5.91 Å². The van der Waals surface area contributed by atoms with Crippen molar-refractivity contribution in [2.24, 2.45) is 17.4 Å². The lowest BCUT2D eigenvalue weighted by atomic mass is 10.1. The Labute approximate surface area is 83.4 Å². The second-order valence-electron chi connectivity index (χ2n) is 3.19. The molecule has 0 fully saturated rings. The summed E-state index contributed by atoms with van der Waals surface area (Å²) >= 11 is 0. The van der Waals surface area contributed by atoms with Crippen LogP contribution in [0.5, 0.6) is 0 Å². The number of urea groups is 1. The summed E-state index contributed by atoms with van der Waals surface area (Å²) in [6.07, 6.45) is 0.410. The molecule has 0 bridgehead atoms. The molecule has 1 atom stereocenters. The van der Waals surface area contributed by atoms with Gasteiger partial charge < -0.3 is 22.1 Å². The minimum Gasteiger partial charge on any atom is -0.354 e. The summed E-state index contributed by atoms with van der Waals surface area (Å²) in [5.41, 5.74) is 10.2. The van der Waals surface area contributed by atoms with Crippen LogP contribution in [-0.4, -0.2) is 31.6 Å². The van der Waals surface area contributed by atoms with E-state index in [0.717, 1.165) is 0 Å². The molecule has 0 aromatic heterocycles. The summed E-state index contributed by atoms with van der Waals surface area (Å²) in [6, 6.07) is -0.588. The van der Waals surface area contributed by atoms with Crippen molar-refractivity contribution < 1.29 is 9.59 Å². The maximum atomic E-state index is 11.1. The van der Waals surface area contributed by atoms with E-state index < -0.39 is 6.03 Å². The molecule has 6 heteroatoms. The van der Waals surface area contributed by atoms with Gasteiger partial charge in [0.1, 0.15) is 0 Å². The van der Waals surface area contributed by atoms with Gasteiger partial charge in [-0.1, -0.05) is 6.92 Å². The van der Waals surface area contributed by atoms with Gasteiger partial charge >= 0.3 is 6.03 Å². The third-order valence-corrected chi connectivity index (χ3v) is 1.68. The first-order chi connectivity index (χ1) is 6.56. The van der Waals surface area contributed by atoms with E-state index in [4.69, 9.17) is 11.5 Å². The minimum absolute atomic E-state index is 0.0609. The van der Waals surface area contributed by atoms with Crippen molar-refractivity contribution in [3.63, 3.8) is 0 Å². The number of nitrogens with two attached hydrogens (primary N) is 2. The number of hydrogen-bond donors (Lipinski definition) is 4. The Morgan fingerprint density at radius 1 is 1.29 bits per heavy atom. The zero-order chi connectivity index (χ0) is 11.0. The highest BCUT2D eigenvalue weighted by molar-refractivity contribution is 5.76. The first-order valence-electron chi connectivity index (χ1n) is 4.56. The Morgan fingerprint density at radius 2 is 1.86 bits per heavy atom. The molecule has 0 aromatic carbocycles. The number of primary amides is 1. The molecule has 6 nitrogen and oxygen atoms in total. The van der Waals surface area contributed by atoms with Gasteiger partial charge in [-0.3, -0.25) is 4.79 Å². The van der Waals surface area contributed by atoms with E-state index in [1.165, 1.54) is 0 Å². The maximum Gasteiger partial charge on any atom is 0.312 e. The number of carbonyl (C=O) groups excluding carboxylic acids is 2. The van der Waals surface area contributed by atoms with Gasteiger partial charge in [0, 0.05) is 19.5 Å². The third-order valence-electron chi connectivity index (χ3n) is 1.68. The standard InChI is InChI=1S/C8H18N4O2/c1-6(5-9)4-7(13)11-2-3-12-8(10)14/h6H,2-5,9H2,1H3,(H,11,13)(H3,10,12,14). The average molecular weight is 202 g/mol. The lowest BCUT2D eigenvalue weighted by molar-refractivity contribution is -0.121.